The van der Waals surface area contributed by atoms with Crippen LogP contribution in [0.25, 0.3) is 0 Å². The Kier molecular flexibility index (Phi) is 5.98. The Bertz CT molecular complexity index is 1650. The summed E-state index contributed by atoms with van der Waals surface area (Å²) in [5, 5.41) is 3.08. The molecular weight excluding hydrogens is 540 g/mol. The molecular formula is C33H23ClN2O5. The molecule has 1 N–H and O–H groups in total. The molecule has 4 aromatic rings. The van der Waals surface area contributed by atoms with E-state index in [4.69, 9.17) is 16.3 Å². The summed E-state index contributed by atoms with van der Waals surface area (Å²) in [7, 11) is 0. The number of imide groups is 1. The van der Waals surface area contributed by atoms with E-state index in [0.29, 0.717) is 16.4 Å². The molecule has 1 heterocycles. The lowest BCUT2D eigenvalue weighted by Crippen LogP contribution is -2.41. The smallest absolute Gasteiger partial charge is 0.338 e. The number of esters is 1. The fourth-order valence-corrected chi connectivity index (χ4v) is 6.87. The van der Waals surface area contributed by atoms with Crippen LogP contribution in [0.15, 0.2) is 97.1 Å². The van der Waals surface area contributed by atoms with Gasteiger partial charge in [-0.25, -0.2) is 9.69 Å². The van der Waals surface area contributed by atoms with Crippen LogP contribution >= 0.6 is 11.6 Å². The molecule has 1 saturated heterocycles. The van der Waals surface area contributed by atoms with Crippen LogP contribution in [0.5, 0.6) is 0 Å². The van der Waals surface area contributed by atoms with Crippen LogP contribution < -0.4 is 10.2 Å². The van der Waals surface area contributed by atoms with Crippen molar-refractivity contribution in [3.8, 4) is 0 Å². The van der Waals surface area contributed by atoms with E-state index in [1.54, 1.807) is 36.4 Å². The van der Waals surface area contributed by atoms with Gasteiger partial charge in [0.1, 0.15) is 0 Å². The molecule has 0 spiro atoms. The first-order valence-electron chi connectivity index (χ1n) is 13.3. The zero-order chi connectivity index (χ0) is 28.2. The summed E-state index contributed by atoms with van der Waals surface area (Å²) in [6.07, 6.45) is 0. The number of anilines is 2. The number of amides is 3. The molecule has 2 atom stereocenters. The molecule has 0 radical (unpaired) electrons. The number of halogens is 1. The average Bonchev–Trinajstić information content (AvgIpc) is 3.26. The van der Waals surface area contributed by atoms with Gasteiger partial charge in [-0.15, -0.1) is 0 Å². The van der Waals surface area contributed by atoms with Crippen molar-refractivity contribution in [2.75, 3.05) is 16.8 Å². The van der Waals surface area contributed by atoms with Gasteiger partial charge in [0.25, 0.3) is 5.91 Å². The van der Waals surface area contributed by atoms with Gasteiger partial charge in [0.05, 0.1) is 23.1 Å². The van der Waals surface area contributed by atoms with Crippen molar-refractivity contribution in [3.63, 3.8) is 0 Å². The van der Waals surface area contributed by atoms with E-state index in [1.165, 1.54) is 17.0 Å². The number of rotatable bonds is 5. The average molecular weight is 563 g/mol. The number of hydrogen-bond acceptors (Lipinski definition) is 5. The zero-order valence-electron chi connectivity index (χ0n) is 21.6. The molecule has 4 aromatic carbocycles. The van der Waals surface area contributed by atoms with E-state index in [2.05, 4.69) is 29.6 Å². The Balaban J connectivity index is 1.14. The van der Waals surface area contributed by atoms with Crippen molar-refractivity contribution >= 4 is 46.7 Å². The third kappa shape index (κ3) is 4.04. The standard InChI is InChI=1S/C33H23ClN2O5/c34-19-8-6-9-20(16-19)35-26(37)17-41-33(40)18-7-5-10-21(15-18)36-31(38)29-27-22-11-1-2-12-23(22)28(30(29)32(36)39)25-14-4-3-13-24(25)27/h1-16,27-30H,17H2,(H,35,37)/t27?,28?,29-,30+. The Morgan fingerprint density at radius 3 is 1.85 bits per heavy atom. The van der Waals surface area contributed by atoms with Gasteiger partial charge in [-0.3, -0.25) is 14.4 Å². The van der Waals surface area contributed by atoms with E-state index in [-0.39, 0.29) is 29.2 Å². The Labute approximate surface area is 240 Å². The largest absolute Gasteiger partial charge is 0.452 e. The monoisotopic (exact) mass is 562 g/mol. The van der Waals surface area contributed by atoms with Crippen LogP contribution in [0.1, 0.15) is 44.4 Å². The number of nitrogens with zero attached hydrogens (tertiary/aromatic N) is 1. The first-order chi connectivity index (χ1) is 19.9. The minimum atomic E-state index is -0.746. The van der Waals surface area contributed by atoms with E-state index in [0.717, 1.165) is 22.3 Å². The van der Waals surface area contributed by atoms with Crippen LogP contribution in [0.4, 0.5) is 11.4 Å². The normalized spacial score (nSPS) is 21.6. The van der Waals surface area contributed by atoms with E-state index in [1.807, 2.05) is 24.3 Å². The summed E-state index contributed by atoms with van der Waals surface area (Å²) in [6.45, 7) is -0.513. The lowest BCUT2D eigenvalue weighted by Gasteiger charge is -2.45. The molecule has 8 heteroatoms. The lowest BCUT2D eigenvalue weighted by atomic mass is 9.55. The van der Waals surface area contributed by atoms with Crippen LogP contribution in [0.3, 0.4) is 0 Å². The quantitative estimate of drug-likeness (QED) is 0.255. The topological polar surface area (TPSA) is 92.8 Å². The predicted molar refractivity (Wildman–Crippen MR) is 153 cm³/mol. The van der Waals surface area contributed by atoms with Gasteiger partial charge in [0, 0.05) is 22.5 Å². The SMILES string of the molecule is O=C(COC(=O)c1cccc(N2C(=O)[C@@H]3C4c5ccccc5C(c5ccccc54)[C@@H]3C2=O)c1)Nc1cccc(Cl)c1. The summed E-state index contributed by atoms with van der Waals surface area (Å²) in [5.41, 5.74) is 5.28. The zero-order valence-corrected chi connectivity index (χ0v) is 22.4. The summed E-state index contributed by atoms with van der Waals surface area (Å²) < 4.78 is 5.21. The Hall–Kier alpha value is -4.75. The molecule has 0 unspecified atom stereocenters. The molecule has 2 bridgehead atoms. The Morgan fingerprint density at radius 1 is 0.732 bits per heavy atom. The second-order valence-corrected chi connectivity index (χ2v) is 10.9. The summed E-state index contributed by atoms with van der Waals surface area (Å²) in [5.74, 6) is -3.30. The maximum absolute atomic E-state index is 14.0. The molecule has 1 aliphatic heterocycles. The van der Waals surface area contributed by atoms with Gasteiger partial charge >= 0.3 is 5.97 Å². The maximum atomic E-state index is 14.0. The third-order valence-corrected chi connectivity index (χ3v) is 8.47. The number of hydrogen-bond donors (Lipinski definition) is 1. The van der Waals surface area contributed by atoms with Gasteiger partial charge < -0.3 is 10.1 Å². The molecule has 41 heavy (non-hydrogen) atoms. The molecule has 202 valence electrons. The van der Waals surface area contributed by atoms with Crippen LogP contribution in [-0.2, 0) is 19.1 Å². The van der Waals surface area contributed by atoms with Crippen molar-refractivity contribution in [3.05, 3.63) is 130 Å². The highest BCUT2D eigenvalue weighted by Gasteiger charge is 2.61. The van der Waals surface area contributed by atoms with Crippen molar-refractivity contribution in [1.29, 1.82) is 0 Å². The molecule has 7 nitrogen and oxygen atoms in total. The van der Waals surface area contributed by atoms with Crippen molar-refractivity contribution in [2.24, 2.45) is 11.8 Å². The lowest BCUT2D eigenvalue weighted by molar-refractivity contribution is -0.122. The number of carbonyl (C=O) groups is 4. The third-order valence-electron chi connectivity index (χ3n) is 8.23. The van der Waals surface area contributed by atoms with E-state index < -0.39 is 30.3 Å². The van der Waals surface area contributed by atoms with Crippen LogP contribution in [0, 0.1) is 11.8 Å². The number of ether oxygens (including phenoxy) is 1. The summed E-state index contributed by atoms with van der Waals surface area (Å²) in [4.78, 5) is 54.3. The highest BCUT2D eigenvalue weighted by atomic mass is 35.5. The highest BCUT2D eigenvalue weighted by molar-refractivity contribution is 6.31. The molecule has 0 saturated carbocycles. The van der Waals surface area contributed by atoms with Crippen LogP contribution in [-0.4, -0.2) is 30.3 Å². The minimum absolute atomic E-state index is 0.128. The minimum Gasteiger partial charge on any atom is -0.452 e. The molecule has 8 rings (SSSR count). The van der Waals surface area contributed by atoms with Gasteiger partial charge in [-0.2, -0.15) is 0 Å². The summed E-state index contributed by atoms with van der Waals surface area (Å²) in [6, 6.07) is 28.9. The summed E-state index contributed by atoms with van der Waals surface area (Å²) >= 11 is 5.94. The van der Waals surface area contributed by atoms with E-state index in [9.17, 15) is 19.2 Å². The van der Waals surface area contributed by atoms with Crippen molar-refractivity contribution < 1.29 is 23.9 Å². The Morgan fingerprint density at radius 2 is 1.29 bits per heavy atom. The van der Waals surface area contributed by atoms with Crippen molar-refractivity contribution in [2.45, 2.75) is 11.8 Å². The van der Waals surface area contributed by atoms with E-state index >= 15 is 0 Å². The molecule has 3 aliphatic carbocycles. The second-order valence-electron chi connectivity index (χ2n) is 10.5. The predicted octanol–water partition coefficient (Wildman–Crippen LogP) is 5.53. The first-order valence-corrected chi connectivity index (χ1v) is 13.7. The van der Waals surface area contributed by atoms with Crippen molar-refractivity contribution in [1.82, 2.24) is 0 Å². The molecule has 0 aromatic heterocycles. The first kappa shape index (κ1) is 25.2. The maximum Gasteiger partial charge on any atom is 0.338 e. The number of carbonyl (C=O) groups excluding carboxylic acids is 4. The van der Waals surface area contributed by atoms with Gasteiger partial charge in [-0.05, 0) is 58.7 Å². The van der Waals surface area contributed by atoms with Gasteiger partial charge in [0.2, 0.25) is 11.8 Å². The van der Waals surface area contributed by atoms with Crippen LogP contribution in [0.2, 0.25) is 5.02 Å². The van der Waals surface area contributed by atoms with Gasteiger partial charge in [0.15, 0.2) is 6.61 Å². The van der Waals surface area contributed by atoms with Gasteiger partial charge in [-0.1, -0.05) is 72.3 Å². The highest BCUT2D eigenvalue weighted by Crippen LogP contribution is 2.61. The number of benzene rings is 4. The molecule has 3 amide bonds. The number of nitrogens with one attached hydrogen (secondary N) is 1. The fourth-order valence-electron chi connectivity index (χ4n) is 6.68. The molecule has 1 fully saturated rings. The fraction of sp³-hybridized carbons (Fsp3) is 0.152. The second kappa shape index (κ2) is 9.71. The molecule has 4 aliphatic rings.